The predicted molar refractivity (Wildman–Crippen MR) is 71.8 cm³/mol. The fraction of sp³-hybridized carbons (Fsp3) is 0.364. The van der Waals surface area contributed by atoms with Crippen molar-refractivity contribution in [3.05, 3.63) is 23.4 Å². The smallest absolute Gasteiger partial charge is 0.219 e. The van der Waals surface area contributed by atoms with Crippen LogP contribution in [0.15, 0.2) is 12.1 Å². The number of anilines is 1. The molecule has 1 rings (SSSR count). The van der Waals surface area contributed by atoms with Crippen LogP contribution in [0, 0.1) is 6.92 Å². The lowest BCUT2D eigenvalue weighted by molar-refractivity contribution is -0.118. The van der Waals surface area contributed by atoms with Crippen molar-refractivity contribution in [1.82, 2.24) is 4.98 Å². The Morgan fingerprint density at radius 2 is 2.18 bits per heavy atom. The van der Waals surface area contributed by atoms with Crippen molar-refractivity contribution >= 4 is 28.9 Å². The second-order valence-electron chi connectivity index (χ2n) is 3.96. The third-order valence-electron chi connectivity index (χ3n) is 2.14. The minimum absolute atomic E-state index is 0.0824. The topological polar surface area (TPSA) is 94.0 Å². The Bertz CT molecular complexity index is 447. The quantitative estimate of drug-likeness (QED) is 0.671. The monoisotopic (exact) mass is 252 g/mol. The number of aryl methyl sites for hydroxylation is 1. The van der Waals surface area contributed by atoms with E-state index in [9.17, 15) is 4.79 Å². The highest BCUT2D eigenvalue weighted by atomic mass is 32.1. The van der Waals surface area contributed by atoms with Gasteiger partial charge >= 0.3 is 0 Å². The number of rotatable bonds is 5. The van der Waals surface area contributed by atoms with Gasteiger partial charge in [-0.05, 0) is 26.0 Å². The maximum absolute atomic E-state index is 10.8. The molecule has 6 heteroatoms. The van der Waals surface area contributed by atoms with E-state index in [2.05, 4.69) is 10.3 Å². The molecule has 0 aromatic carbocycles. The van der Waals surface area contributed by atoms with Gasteiger partial charge in [0.05, 0.1) is 0 Å². The Labute approximate surface area is 106 Å². The van der Waals surface area contributed by atoms with Crippen LogP contribution in [0.1, 0.15) is 24.6 Å². The van der Waals surface area contributed by atoms with E-state index in [0.717, 1.165) is 11.3 Å². The highest BCUT2D eigenvalue weighted by molar-refractivity contribution is 7.80. The van der Waals surface area contributed by atoms with E-state index in [1.54, 1.807) is 6.07 Å². The van der Waals surface area contributed by atoms with Crippen LogP contribution in [0.3, 0.4) is 0 Å². The van der Waals surface area contributed by atoms with E-state index < -0.39 is 0 Å². The van der Waals surface area contributed by atoms with Gasteiger partial charge < -0.3 is 16.8 Å². The van der Waals surface area contributed by atoms with Crippen LogP contribution in [0.25, 0.3) is 0 Å². The summed E-state index contributed by atoms with van der Waals surface area (Å²) in [7, 11) is 0. The summed E-state index contributed by atoms with van der Waals surface area (Å²) in [5.74, 6) is 0.286. The summed E-state index contributed by atoms with van der Waals surface area (Å²) < 4.78 is 0. The van der Waals surface area contributed by atoms with Crippen LogP contribution in [-0.2, 0) is 4.79 Å². The van der Waals surface area contributed by atoms with Crippen molar-refractivity contribution in [2.24, 2.45) is 11.5 Å². The number of aromatic nitrogens is 1. The predicted octanol–water partition coefficient (Wildman–Crippen LogP) is 0.700. The zero-order chi connectivity index (χ0) is 13.0. The molecule has 0 radical (unpaired) electrons. The molecular formula is C11H16N4OS. The molecule has 0 aliphatic heterocycles. The third-order valence-corrected chi connectivity index (χ3v) is 2.38. The van der Waals surface area contributed by atoms with E-state index in [4.69, 9.17) is 23.7 Å². The SMILES string of the molecule is Cc1cc(C(N)=S)cc(NC(C)CC(N)=O)n1. The molecule has 1 aromatic rings. The molecule has 1 unspecified atom stereocenters. The molecule has 1 heterocycles. The molecule has 1 atom stereocenters. The minimum atomic E-state index is -0.354. The van der Waals surface area contributed by atoms with Crippen molar-refractivity contribution in [2.45, 2.75) is 26.3 Å². The molecule has 1 aromatic heterocycles. The summed E-state index contributed by atoms with van der Waals surface area (Å²) in [6.45, 7) is 3.71. The average Bonchev–Trinajstić information content (AvgIpc) is 2.14. The molecule has 5 N–H and O–H groups in total. The lowest BCUT2D eigenvalue weighted by Gasteiger charge is -2.14. The first-order valence-corrected chi connectivity index (χ1v) is 5.62. The molecule has 5 nitrogen and oxygen atoms in total. The Hall–Kier alpha value is -1.69. The molecule has 0 saturated heterocycles. The van der Waals surface area contributed by atoms with E-state index in [-0.39, 0.29) is 18.4 Å². The fourth-order valence-electron chi connectivity index (χ4n) is 1.49. The summed E-state index contributed by atoms with van der Waals surface area (Å²) in [6.07, 6.45) is 0.248. The van der Waals surface area contributed by atoms with Gasteiger partial charge in [-0.3, -0.25) is 4.79 Å². The molecule has 1 amide bonds. The van der Waals surface area contributed by atoms with Gasteiger partial charge in [0.1, 0.15) is 10.8 Å². The maximum atomic E-state index is 10.8. The van der Waals surface area contributed by atoms with Crippen LogP contribution >= 0.6 is 12.2 Å². The summed E-state index contributed by atoms with van der Waals surface area (Å²) >= 11 is 4.91. The van der Waals surface area contributed by atoms with Crippen LogP contribution < -0.4 is 16.8 Å². The van der Waals surface area contributed by atoms with Gasteiger partial charge in [0, 0.05) is 23.7 Å². The lowest BCUT2D eigenvalue weighted by atomic mass is 10.2. The molecule has 0 spiro atoms. The molecule has 0 bridgehead atoms. The first-order chi connectivity index (χ1) is 7.88. The maximum Gasteiger partial charge on any atom is 0.219 e. The molecule has 0 fully saturated rings. The molecule has 17 heavy (non-hydrogen) atoms. The largest absolute Gasteiger partial charge is 0.389 e. The fourth-order valence-corrected chi connectivity index (χ4v) is 1.61. The number of amides is 1. The van der Waals surface area contributed by atoms with Crippen LogP contribution in [-0.4, -0.2) is 21.9 Å². The number of hydrogen-bond acceptors (Lipinski definition) is 4. The van der Waals surface area contributed by atoms with Crippen LogP contribution in [0.2, 0.25) is 0 Å². The number of nitrogens with one attached hydrogen (secondary N) is 1. The van der Waals surface area contributed by atoms with Gasteiger partial charge in [0.15, 0.2) is 0 Å². The number of pyridine rings is 1. The van der Waals surface area contributed by atoms with E-state index in [0.29, 0.717) is 10.8 Å². The number of hydrogen-bond donors (Lipinski definition) is 3. The van der Waals surface area contributed by atoms with Crippen LogP contribution in [0.5, 0.6) is 0 Å². The van der Waals surface area contributed by atoms with Gasteiger partial charge in [0.2, 0.25) is 5.91 Å². The second kappa shape index (κ2) is 5.58. The van der Waals surface area contributed by atoms with Crippen molar-refractivity contribution < 1.29 is 4.79 Å². The summed E-state index contributed by atoms with van der Waals surface area (Å²) in [6, 6.07) is 3.49. The lowest BCUT2D eigenvalue weighted by Crippen LogP contribution is -2.24. The highest BCUT2D eigenvalue weighted by Crippen LogP contribution is 2.12. The zero-order valence-corrected chi connectivity index (χ0v) is 10.7. The van der Waals surface area contributed by atoms with Gasteiger partial charge in [-0.25, -0.2) is 4.98 Å². The number of primary amides is 1. The van der Waals surface area contributed by atoms with Crippen molar-refractivity contribution in [3.8, 4) is 0 Å². The summed E-state index contributed by atoms with van der Waals surface area (Å²) in [4.78, 5) is 15.4. The molecule has 0 aliphatic carbocycles. The molecule has 0 saturated carbocycles. The first kappa shape index (κ1) is 13.4. The standard InChI is InChI=1S/C11H16N4OS/c1-6-3-8(11(13)17)5-10(14-6)15-7(2)4-9(12)16/h3,5,7H,4H2,1-2H3,(H2,12,16)(H2,13,17)(H,14,15). The highest BCUT2D eigenvalue weighted by Gasteiger charge is 2.08. The molecule has 92 valence electrons. The van der Waals surface area contributed by atoms with E-state index >= 15 is 0 Å². The number of carbonyl (C=O) groups is 1. The Morgan fingerprint density at radius 1 is 1.53 bits per heavy atom. The number of thiocarbonyl (C=S) groups is 1. The second-order valence-corrected chi connectivity index (χ2v) is 4.40. The Kier molecular flexibility index (Phi) is 4.39. The number of nitrogens with zero attached hydrogens (tertiary/aromatic N) is 1. The van der Waals surface area contributed by atoms with Gasteiger partial charge in [-0.15, -0.1) is 0 Å². The van der Waals surface area contributed by atoms with Gasteiger partial charge in [0.25, 0.3) is 0 Å². The molecular weight excluding hydrogens is 236 g/mol. The Morgan fingerprint density at radius 3 is 2.71 bits per heavy atom. The van der Waals surface area contributed by atoms with Crippen molar-refractivity contribution in [3.63, 3.8) is 0 Å². The van der Waals surface area contributed by atoms with E-state index in [1.807, 2.05) is 19.9 Å². The van der Waals surface area contributed by atoms with E-state index in [1.165, 1.54) is 0 Å². The van der Waals surface area contributed by atoms with Crippen LogP contribution in [0.4, 0.5) is 5.82 Å². The summed E-state index contributed by atoms with van der Waals surface area (Å²) in [5, 5.41) is 3.08. The number of nitrogens with two attached hydrogens (primary N) is 2. The Balaban J connectivity index is 2.84. The minimum Gasteiger partial charge on any atom is -0.389 e. The average molecular weight is 252 g/mol. The van der Waals surface area contributed by atoms with Gasteiger partial charge in [-0.1, -0.05) is 12.2 Å². The number of carbonyl (C=O) groups excluding carboxylic acids is 1. The van der Waals surface area contributed by atoms with Crippen molar-refractivity contribution in [1.29, 1.82) is 0 Å². The first-order valence-electron chi connectivity index (χ1n) is 5.22. The zero-order valence-electron chi connectivity index (χ0n) is 9.86. The molecule has 0 aliphatic rings. The summed E-state index contributed by atoms with van der Waals surface area (Å²) in [5.41, 5.74) is 12.2. The third kappa shape index (κ3) is 4.36. The normalized spacial score (nSPS) is 11.9. The van der Waals surface area contributed by atoms with Gasteiger partial charge in [-0.2, -0.15) is 0 Å². The van der Waals surface area contributed by atoms with Crippen molar-refractivity contribution in [2.75, 3.05) is 5.32 Å².